The number of methoxy groups -OCH3 is 1. The lowest BCUT2D eigenvalue weighted by molar-refractivity contribution is -0.115. The quantitative estimate of drug-likeness (QED) is 0.862. The second-order valence-corrected chi connectivity index (χ2v) is 5.66. The molecule has 0 aliphatic heterocycles. The Morgan fingerprint density at radius 2 is 2.10 bits per heavy atom. The Balaban J connectivity index is 2.15. The molecule has 21 heavy (non-hydrogen) atoms. The SMILES string of the molecule is COc1ccc(Cl)cc1NC(=O)Cc1cc(Br)ccc1F. The van der Waals surface area contributed by atoms with Gasteiger partial charge in [-0.15, -0.1) is 0 Å². The zero-order valence-corrected chi connectivity index (χ0v) is 13.5. The average Bonchev–Trinajstić information content (AvgIpc) is 2.43. The van der Waals surface area contributed by atoms with Crippen LogP contribution in [-0.4, -0.2) is 13.0 Å². The van der Waals surface area contributed by atoms with Crippen molar-refractivity contribution in [2.75, 3.05) is 12.4 Å². The molecule has 0 fully saturated rings. The summed E-state index contributed by atoms with van der Waals surface area (Å²) >= 11 is 9.14. The Hall–Kier alpha value is -1.59. The summed E-state index contributed by atoms with van der Waals surface area (Å²) in [5, 5.41) is 3.14. The first kappa shape index (κ1) is 15.8. The number of anilines is 1. The maximum Gasteiger partial charge on any atom is 0.229 e. The molecule has 0 saturated carbocycles. The topological polar surface area (TPSA) is 38.3 Å². The summed E-state index contributed by atoms with van der Waals surface area (Å²) in [5.41, 5.74) is 0.758. The van der Waals surface area contributed by atoms with Gasteiger partial charge in [-0.2, -0.15) is 0 Å². The van der Waals surface area contributed by atoms with E-state index in [0.29, 0.717) is 26.5 Å². The van der Waals surface area contributed by atoms with E-state index >= 15 is 0 Å². The van der Waals surface area contributed by atoms with Crippen LogP contribution in [0, 0.1) is 5.82 Å². The third-order valence-electron chi connectivity index (χ3n) is 2.79. The molecule has 0 saturated heterocycles. The maximum atomic E-state index is 13.6. The minimum atomic E-state index is -0.425. The van der Waals surface area contributed by atoms with E-state index in [1.807, 2.05) is 0 Å². The highest BCUT2D eigenvalue weighted by molar-refractivity contribution is 9.10. The summed E-state index contributed by atoms with van der Waals surface area (Å²) < 4.78 is 19.5. The summed E-state index contributed by atoms with van der Waals surface area (Å²) in [6.45, 7) is 0. The van der Waals surface area contributed by atoms with Crippen molar-refractivity contribution in [2.24, 2.45) is 0 Å². The highest BCUT2D eigenvalue weighted by Gasteiger charge is 2.12. The lowest BCUT2D eigenvalue weighted by atomic mass is 10.1. The molecule has 1 amide bonds. The van der Waals surface area contributed by atoms with Crippen LogP contribution >= 0.6 is 27.5 Å². The van der Waals surface area contributed by atoms with Crippen LogP contribution in [0.25, 0.3) is 0 Å². The van der Waals surface area contributed by atoms with Crippen molar-refractivity contribution in [2.45, 2.75) is 6.42 Å². The second-order valence-electron chi connectivity index (χ2n) is 4.31. The predicted octanol–water partition coefficient (Wildman–Crippen LogP) is 4.43. The Kier molecular flexibility index (Phi) is 5.20. The Labute approximate surface area is 135 Å². The van der Waals surface area contributed by atoms with Crippen LogP contribution in [0.15, 0.2) is 40.9 Å². The van der Waals surface area contributed by atoms with E-state index < -0.39 is 5.82 Å². The highest BCUT2D eigenvalue weighted by Crippen LogP contribution is 2.28. The van der Waals surface area contributed by atoms with Crippen molar-refractivity contribution in [3.63, 3.8) is 0 Å². The molecule has 0 heterocycles. The normalized spacial score (nSPS) is 10.3. The van der Waals surface area contributed by atoms with E-state index in [9.17, 15) is 9.18 Å². The van der Waals surface area contributed by atoms with Crippen LogP contribution in [0.2, 0.25) is 5.02 Å². The Bertz CT molecular complexity index is 679. The van der Waals surface area contributed by atoms with Crippen molar-refractivity contribution >= 4 is 39.1 Å². The minimum absolute atomic E-state index is 0.0824. The van der Waals surface area contributed by atoms with E-state index in [4.69, 9.17) is 16.3 Å². The number of carbonyl (C=O) groups excluding carboxylic acids is 1. The minimum Gasteiger partial charge on any atom is -0.495 e. The zero-order chi connectivity index (χ0) is 15.4. The molecule has 6 heteroatoms. The molecule has 0 spiro atoms. The first-order valence-corrected chi connectivity index (χ1v) is 7.24. The molecule has 0 aromatic heterocycles. The van der Waals surface area contributed by atoms with E-state index in [1.165, 1.54) is 13.2 Å². The number of carbonyl (C=O) groups is 1. The molecular formula is C15H12BrClFNO2. The van der Waals surface area contributed by atoms with Crippen molar-refractivity contribution in [1.82, 2.24) is 0 Å². The van der Waals surface area contributed by atoms with Crippen LogP contribution in [0.1, 0.15) is 5.56 Å². The molecule has 0 bridgehead atoms. The molecule has 0 atom stereocenters. The fourth-order valence-corrected chi connectivity index (χ4v) is 2.40. The number of nitrogens with one attached hydrogen (secondary N) is 1. The van der Waals surface area contributed by atoms with Gasteiger partial charge in [-0.05, 0) is 42.0 Å². The van der Waals surface area contributed by atoms with E-state index in [2.05, 4.69) is 21.2 Å². The molecule has 2 aromatic rings. The fraction of sp³-hybridized carbons (Fsp3) is 0.133. The number of hydrogen-bond acceptors (Lipinski definition) is 2. The lowest BCUT2D eigenvalue weighted by Crippen LogP contribution is -2.15. The molecule has 1 N–H and O–H groups in total. The second kappa shape index (κ2) is 6.91. The van der Waals surface area contributed by atoms with Gasteiger partial charge in [0.15, 0.2) is 0 Å². The Morgan fingerprint density at radius 3 is 2.81 bits per heavy atom. The molecule has 0 aliphatic carbocycles. The van der Waals surface area contributed by atoms with Gasteiger partial charge in [-0.25, -0.2) is 4.39 Å². The highest BCUT2D eigenvalue weighted by atomic mass is 79.9. The van der Waals surface area contributed by atoms with Crippen molar-refractivity contribution in [3.05, 3.63) is 57.3 Å². The summed E-state index contributed by atoms with van der Waals surface area (Å²) in [6, 6.07) is 9.35. The van der Waals surface area contributed by atoms with Gasteiger partial charge < -0.3 is 10.1 Å². The maximum absolute atomic E-state index is 13.6. The monoisotopic (exact) mass is 371 g/mol. The van der Waals surface area contributed by atoms with Crippen molar-refractivity contribution in [3.8, 4) is 5.75 Å². The third kappa shape index (κ3) is 4.19. The van der Waals surface area contributed by atoms with Gasteiger partial charge in [0, 0.05) is 9.50 Å². The summed E-state index contributed by atoms with van der Waals surface area (Å²) in [4.78, 5) is 12.0. The van der Waals surface area contributed by atoms with Gasteiger partial charge in [0.1, 0.15) is 11.6 Å². The molecule has 3 nitrogen and oxygen atoms in total. The van der Waals surface area contributed by atoms with Crippen LogP contribution in [0.3, 0.4) is 0 Å². The largest absolute Gasteiger partial charge is 0.495 e. The van der Waals surface area contributed by atoms with E-state index in [1.54, 1.807) is 30.3 Å². The molecular weight excluding hydrogens is 361 g/mol. The number of hydrogen-bond donors (Lipinski definition) is 1. The molecule has 110 valence electrons. The van der Waals surface area contributed by atoms with Gasteiger partial charge in [-0.3, -0.25) is 4.79 Å². The summed E-state index contributed by atoms with van der Waals surface area (Å²) in [6.07, 6.45) is -0.0824. The zero-order valence-electron chi connectivity index (χ0n) is 11.1. The molecule has 0 radical (unpaired) electrons. The van der Waals surface area contributed by atoms with Crippen LogP contribution < -0.4 is 10.1 Å². The van der Waals surface area contributed by atoms with Crippen LogP contribution in [0.4, 0.5) is 10.1 Å². The number of ether oxygens (including phenoxy) is 1. The van der Waals surface area contributed by atoms with Gasteiger partial charge >= 0.3 is 0 Å². The van der Waals surface area contributed by atoms with E-state index in [0.717, 1.165) is 0 Å². The van der Waals surface area contributed by atoms with Crippen molar-refractivity contribution in [1.29, 1.82) is 0 Å². The number of halogens is 3. The van der Waals surface area contributed by atoms with Gasteiger partial charge in [0.2, 0.25) is 5.91 Å². The van der Waals surface area contributed by atoms with Gasteiger partial charge in [0.25, 0.3) is 0 Å². The first-order chi connectivity index (χ1) is 9.99. The predicted molar refractivity (Wildman–Crippen MR) is 84.4 cm³/mol. The third-order valence-corrected chi connectivity index (χ3v) is 3.52. The first-order valence-electron chi connectivity index (χ1n) is 6.07. The average molecular weight is 373 g/mol. The van der Waals surface area contributed by atoms with Gasteiger partial charge in [-0.1, -0.05) is 27.5 Å². The standard InChI is InChI=1S/C15H12BrClFNO2/c1-21-14-5-3-11(17)8-13(14)19-15(20)7-9-6-10(16)2-4-12(9)18/h2-6,8H,7H2,1H3,(H,19,20). The van der Waals surface area contributed by atoms with Crippen molar-refractivity contribution < 1.29 is 13.9 Å². The summed E-state index contributed by atoms with van der Waals surface area (Å²) in [7, 11) is 1.49. The molecule has 2 rings (SSSR count). The van der Waals surface area contributed by atoms with Crippen LogP contribution in [-0.2, 0) is 11.2 Å². The molecule has 0 unspecified atom stereocenters. The van der Waals surface area contributed by atoms with Gasteiger partial charge in [0.05, 0.1) is 19.2 Å². The number of rotatable bonds is 4. The smallest absolute Gasteiger partial charge is 0.229 e. The van der Waals surface area contributed by atoms with Crippen LogP contribution in [0.5, 0.6) is 5.75 Å². The Morgan fingerprint density at radius 1 is 1.33 bits per heavy atom. The molecule has 0 aliphatic rings. The molecule has 2 aromatic carbocycles. The number of amides is 1. The lowest BCUT2D eigenvalue weighted by Gasteiger charge is -2.11. The summed E-state index contributed by atoms with van der Waals surface area (Å²) in [5.74, 6) is -0.290. The fourth-order valence-electron chi connectivity index (χ4n) is 1.82. The van der Waals surface area contributed by atoms with E-state index in [-0.39, 0.29) is 12.3 Å². The number of benzene rings is 2.